The molecule has 1 aromatic heterocycles. The second-order valence-corrected chi connectivity index (χ2v) is 8.45. The van der Waals surface area contributed by atoms with Gasteiger partial charge in [0, 0.05) is 44.2 Å². The monoisotopic (exact) mass is 463 g/mol. The Morgan fingerprint density at radius 2 is 1.62 bits per heavy atom. The SMILES string of the molecule is Cn1c(-c2ccc(C(F)(F)F)cc2)nc2c1CN(Cc1ccccc1Oc1ccccc1)CC2. The van der Waals surface area contributed by atoms with E-state index in [4.69, 9.17) is 9.72 Å². The van der Waals surface area contributed by atoms with Crippen molar-refractivity contribution in [3.8, 4) is 22.9 Å². The first-order chi connectivity index (χ1) is 16.4. The predicted octanol–water partition coefficient (Wildman–Crippen LogP) is 6.46. The Bertz CT molecular complexity index is 1280. The zero-order valence-electron chi connectivity index (χ0n) is 18.7. The Balaban J connectivity index is 1.34. The molecule has 0 saturated carbocycles. The predicted molar refractivity (Wildman–Crippen MR) is 124 cm³/mol. The standard InChI is InChI=1S/C27H24F3N3O/c1-32-24-18-33(17-20-7-5-6-10-25(20)34-22-8-3-2-4-9-22)16-15-23(24)31-26(32)19-11-13-21(14-12-19)27(28,29)30/h2-14H,15-18H2,1H3. The van der Waals surface area contributed by atoms with Crippen LogP contribution in [0, 0.1) is 0 Å². The van der Waals surface area contributed by atoms with E-state index in [0.717, 1.165) is 60.1 Å². The summed E-state index contributed by atoms with van der Waals surface area (Å²) in [5, 5.41) is 0. The van der Waals surface area contributed by atoms with Crippen molar-refractivity contribution in [2.45, 2.75) is 25.7 Å². The van der Waals surface area contributed by atoms with Crippen molar-refractivity contribution < 1.29 is 17.9 Å². The average Bonchev–Trinajstić information content (AvgIpc) is 3.16. The fourth-order valence-electron chi connectivity index (χ4n) is 4.33. The van der Waals surface area contributed by atoms with Crippen LogP contribution in [-0.4, -0.2) is 21.0 Å². The van der Waals surface area contributed by atoms with Crippen LogP contribution >= 0.6 is 0 Å². The van der Waals surface area contributed by atoms with Gasteiger partial charge in [-0.1, -0.05) is 48.5 Å². The van der Waals surface area contributed by atoms with Crippen LogP contribution in [0.5, 0.6) is 11.5 Å². The van der Waals surface area contributed by atoms with E-state index < -0.39 is 11.7 Å². The summed E-state index contributed by atoms with van der Waals surface area (Å²) in [4.78, 5) is 7.10. The van der Waals surface area contributed by atoms with Gasteiger partial charge in [0.25, 0.3) is 0 Å². The Hall–Kier alpha value is -3.58. The fraction of sp³-hybridized carbons (Fsp3) is 0.222. The Morgan fingerprint density at radius 3 is 2.35 bits per heavy atom. The fourth-order valence-corrected chi connectivity index (χ4v) is 4.33. The van der Waals surface area contributed by atoms with Crippen LogP contribution in [-0.2, 0) is 32.7 Å². The van der Waals surface area contributed by atoms with Crippen LogP contribution in [0.15, 0.2) is 78.9 Å². The summed E-state index contributed by atoms with van der Waals surface area (Å²) in [6.07, 6.45) is -3.56. The van der Waals surface area contributed by atoms with E-state index in [1.54, 1.807) is 0 Å². The molecule has 4 nitrogen and oxygen atoms in total. The van der Waals surface area contributed by atoms with E-state index in [1.165, 1.54) is 12.1 Å². The van der Waals surface area contributed by atoms with Crippen LogP contribution in [0.2, 0.25) is 0 Å². The van der Waals surface area contributed by atoms with Gasteiger partial charge in [-0.15, -0.1) is 0 Å². The van der Waals surface area contributed by atoms with E-state index in [1.807, 2.05) is 60.1 Å². The van der Waals surface area contributed by atoms with E-state index in [2.05, 4.69) is 11.0 Å². The molecule has 2 heterocycles. The molecular weight excluding hydrogens is 439 g/mol. The number of aromatic nitrogens is 2. The van der Waals surface area contributed by atoms with Crippen molar-refractivity contribution in [3.63, 3.8) is 0 Å². The second-order valence-electron chi connectivity index (χ2n) is 8.45. The number of halogens is 3. The number of alkyl halides is 3. The first-order valence-corrected chi connectivity index (χ1v) is 11.1. The van der Waals surface area contributed by atoms with Gasteiger partial charge < -0.3 is 9.30 Å². The van der Waals surface area contributed by atoms with Crippen LogP contribution in [0.25, 0.3) is 11.4 Å². The third kappa shape index (κ3) is 4.56. The molecule has 0 unspecified atom stereocenters. The van der Waals surface area contributed by atoms with Crippen LogP contribution in [0.4, 0.5) is 13.2 Å². The van der Waals surface area contributed by atoms with Gasteiger partial charge in [0.15, 0.2) is 0 Å². The lowest BCUT2D eigenvalue weighted by molar-refractivity contribution is -0.137. The number of hydrogen-bond acceptors (Lipinski definition) is 3. The lowest BCUT2D eigenvalue weighted by Gasteiger charge is -2.27. The van der Waals surface area contributed by atoms with Crippen molar-refractivity contribution >= 4 is 0 Å². The van der Waals surface area contributed by atoms with Gasteiger partial charge in [-0.2, -0.15) is 13.2 Å². The topological polar surface area (TPSA) is 30.3 Å². The van der Waals surface area contributed by atoms with E-state index in [9.17, 15) is 13.2 Å². The number of benzene rings is 3. The number of nitrogens with zero attached hydrogens (tertiary/aromatic N) is 3. The van der Waals surface area contributed by atoms with Gasteiger partial charge >= 0.3 is 6.18 Å². The van der Waals surface area contributed by atoms with Gasteiger partial charge in [-0.3, -0.25) is 4.90 Å². The largest absolute Gasteiger partial charge is 0.457 e. The van der Waals surface area contributed by atoms with Crippen LogP contribution in [0.1, 0.15) is 22.5 Å². The van der Waals surface area contributed by atoms with Gasteiger partial charge in [0.05, 0.1) is 17.0 Å². The highest BCUT2D eigenvalue weighted by Crippen LogP contribution is 2.33. The van der Waals surface area contributed by atoms with Crippen LogP contribution < -0.4 is 4.74 Å². The first kappa shape index (κ1) is 22.2. The Kier molecular flexibility index (Phi) is 5.87. The molecule has 0 amide bonds. The molecule has 0 radical (unpaired) electrons. The molecule has 34 heavy (non-hydrogen) atoms. The van der Waals surface area contributed by atoms with Crippen LogP contribution in [0.3, 0.4) is 0 Å². The minimum Gasteiger partial charge on any atom is -0.457 e. The summed E-state index contributed by atoms with van der Waals surface area (Å²) in [5.41, 5.74) is 3.21. The highest BCUT2D eigenvalue weighted by atomic mass is 19.4. The molecule has 7 heteroatoms. The van der Waals surface area contributed by atoms with Crippen molar-refractivity contribution in [1.29, 1.82) is 0 Å². The number of fused-ring (bicyclic) bond motifs is 1. The summed E-state index contributed by atoms with van der Waals surface area (Å²) < 4.78 is 46.9. The minimum absolute atomic E-state index is 0.655. The molecular formula is C27H24F3N3O. The van der Waals surface area contributed by atoms with E-state index in [0.29, 0.717) is 17.9 Å². The quantitative estimate of drug-likeness (QED) is 0.340. The molecule has 1 aliphatic rings. The van der Waals surface area contributed by atoms with Crippen molar-refractivity contribution in [2.75, 3.05) is 6.54 Å². The molecule has 0 saturated heterocycles. The number of ether oxygens (including phenoxy) is 1. The van der Waals surface area contributed by atoms with Gasteiger partial charge in [0.2, 0.25) is 0 Å². The molecule has 3 aromatic carbocycles. The molecule has 0 aliphatic carbocycles. The minimum atomic E-state index is -4.35. The molecule has 0 atom stereocenters. The maximum absolute atomic E-state index is 12.9. The lowest BCUT2D eigenvalue weighted by Crippen LogP contribution is -2.31. The summed E-state index contributed by atoms with van der Waals surface area (Å²) in [5.74, 6) is 2.31. The van der Waals surface area contributed by atoms with Crippen molar-refractivity contribution in [2.24, 2.45) is 7.05 Å². The second kappa shape index (κ2) is 8.99. The van der Waals surface area contributed by atoms with Gasteiger partial charge in [0.1, 0.15) is 17.3 Å². The molecule has 5 rings (SSSR count). The Morgan fingerprint density at radius 1 is 0.912 bits per heavy atom. The normalized spacial score (nSPS) is 14.1. The van der Waals surface area contributed by atoms with E-state index >= 15 is 0 Å². The van der Waals surface area contributed by atoms with Gasteiger partial charge in [-0.25, -0.2) is 4.98 Å². The summed E-state index contributed by atoms with van der Waals surface area (Å²) >= 11 is 0. The molecule has 0 N–H and O–H groups in total. The highest BCUT2D eigenvalue weighted by Gasteiger charge is 2.30. The number of imidazole rings is 1. The number of para-hydroxylation sites is 2. The van der Waals surface area contributed by atoms with Gasteiger partial charge in [-0.05, 0) is 30.3 Å². The zero-order valence-corrected chi connectivity index (χ0v) is 18.7. The first-order valence-electron chi connectivity index (χ1n) is 11.1. The molecule has 174 valence electrons. The maximum atomic E-state index is 12.9. The third-order valence-electron chi connectivity index (χ3n) is 6.14. The zero-order chi connectivity index (χ0) is 23.7. The molecule has 0 fully saturated rings. The summed E-state index contributed by atoms with van der Waals surface area (Å²) in [6.45, 7) is 2.28. The Labute approximate surface area is 196 Å². The molecule has 0 spiro atoms. The molecule has 4 aromatic rings. The van der Waals surface area contributed by atoms with Crippen molar-refractivity contribution in [3.05, 3.63) is 101 Å². The lowest BCUT2D eigenvalue weighted by atomic mass is 10.1. The third-order valence-corrected chi connectivity index (χ3v) is 6.14. The van der Waals surface area contributed by atoms with E-state index in [-0.39, 0.29) is 0 Å². The summed E-state index contributed by atoms with van der Waals surface area (Å²) in [7, 11) is 1.93. The number of hydrogen-bond donors (Lipinski definition) is 0. The highest BCUT2D eigenvalue weighted by molar-refractivity contribution is 5.58. The number of rotatable bonds is 5. The van der Waals surface area contributed by atoms with Crippen molar-refractivity contribution in [1.82, 2.24) is 14.5 Å². The maximum Gasteiger partial charge on any atom is 0.416 e. The smallest absolute Gasteiger partial charge is 0.416 e. The average molecular weight is 464 g/mol. The molecule has 1 aliphatic heterocycles. The summed E-state index contributed by atoms with van der Waals surface area (Å²) in [6, 6.07) is 22.9. The molecule has 0 bridgehead atoms.